The zero-order valence-electron chi connectivity index (χ0n) is 14.7. The lowest BCUT2D eigenvalue weighted by Crippen LogP contribution is -2.41. The minimum atomic E-state index is 0.231. The molecule has 6 nitrogen and oxygen atoms in total. The van der Waals surface area contributed by atoms with Crippen LogP contribution in [0.2, 0.25) is 0 Å². The van der Waals surface area contributed by atoms with Crippen LogP contribution in [0.4, 0.5) is 5.88 Å². The Kier molecular flexibility index (Phi) is 6.08. The molecule has 2 aromatic heterocycles. The zero-order valence-corrected chi connectivity index (χ0v) is 15.5. The summed E-state index contributed by atoms with van der Waals surface area (Å²) in [5.74, 6) is 1.53. The molecular weight excluding hydrogens is 336 g/mol. The third-order valence-electron chi connectivity index (χ3n) is 4.17. The highest BCUT2D eigenvalue weighted by atomic mass is 32.1. The monoisotopic (exact) mass is 360 g/mol. The molecule has 2 aromatic rings. The van der Waals surface area contributed by atoms with Crippen LogP contribution in [-0.2, 0) is 11.2 Å². The van der Waals surface area contributed by atoms with E-state index in [1.165, 1.54) is 4.88 Å². The minimum Gasteiger partial charge on any atom is -0.424 e. The quantitative estimate of drug-likeness (QED) is 0.817. The van der Waals surface area contributed by atoms with E-state index in [4.69, 9.17) is 9.15 Å². The molecule has 25 heavy (non-hydrogen) atoms. The number of morpholine rings is 1. The van der Waals surface area contributed by atoms with Crippen LogP contribution in [0.5, 0.6) is 0 Å². The number of anilines is 1. The molecule has 1 atom stereocenters. The van der Waals surface area contributed by atoms with Gasteiger partial charge < -0.3 is 14.5 Å². The molecule has 1 aliphatic heterocycles. The summed E-state index contributed by atoms with van der Waals surface area (Å²) >= 11 is 1.75. The molecule has 0 spiro atoms. The average Bonchev–Trinajstić information content (AvgIpc) is 3.25. The molecule has 3 rings (SSSR count). The third kappa shape index (κ3) is 4.60. The van der Waals surface area contributed by atoms with Gasteiger partial charge in [-0.05, 0) is 17.4 Å². The number of hydrogen-bond donors (Lipinski definition) is 1. The van der Waals surface area contributed by atoms with Crippen molar-refractivity contribution in [2.45, 2.75) is 26.3 Å². The number of oxazole rings is 1. The summed E-state index contributed by atoms with van der Waals surface area (Å²) in [4.78, 5) is 8.02. The number of hydrogen-bond acceptors (Lipinski definition) is 7. The minimum absolute atomic E-state index is 0.231. The number of nitrogens with zero attached hydrogens (tertiary/aromatic N) is 3. The van der Waals surface area contributed by atoms with E-state index in [1.54, 1.807) is 11.3 Å². The number of aromatic nitrogens is 1. The van der Waals surface area contributed by atoms with Crippen molar-refractivity contribution < 1.29 is 9.15 Å². The van der Waals surface area contributed by atoms with Crippen molar-refractivity contribution >= 4 is 17.2 Å². The van der Waals surface area contributed by atoms with E-state index in [1.807, 2.05) is 0 Å². The van der Waals surface area contributed by atoms with Gasteiger partial charge in [0.05, 0.1) is 19.3 Å². The molecule has 0 unspecified atom stereocenters. The molecule has 1 saturated heterocycles. The summed E-state index contributed by atoms with van der Waals surface area (Å²) in [6, 6.07) is 6.59. The highest BCUT2D eigenvalue weighted by Crippen LogP contribution is 2.27. The number of nitriles is 1. The van der Waals surface area contributed by atoms with Crippen molar-refractivity contribution in [3.05, 3.63) is 34.0 Å². The van der Waals surface area contributed by atoms with Gasteiger partial charge in [-0.1, -0.05) is 19.9 Å². The average molecular weight is 360 g/mol. The standard InChI is InChI=1S/C18H24N4O2S/c1-13(2)10-17-21-14(11-19)18(24-17)20-12-15(16-4-3-9-25-16)22-5-7-23-8-6-22/h3-4,9,13,15,20H,5-8,10,12H2,1-2H3/t15-/m0/s1. The van der Waals surface area contributed by atoms with E-state index in [9.17, 15) is 5.26 Å². The van der Waals surface area contributed by atoms with Crippen molar-refractivity contribution in [2.24, 2.45) is 5.92 Å². The van der Waals surface area contributed by atoms with E-state index < -0.39 is 0 Å². The molecule has 1 N–H and O–H groups in total. The van der Waals surface area contributed by atoms with Gasteiger partial charge in [0, 0.05) is 30.9 Å². The van der Waals surface area contributed by atoms with Crippen molar-refractivity contribution in [2.75, 3.05) is 38.2 Å². The summed E-state index contributed by atoms with van der Waals surface area (Å²) in [7, 11) is 0. The van der Waals surface area contributed by atoms with Gasteiger partial charge in [-0.15, -0.1) is 11.3 Å². The first kappa shape index (κ1) is 17.9. The van der Waals surface area contributed by atoms with Crippen LogP contribution in [0.15, 0.2) is 21.9 Å². The van der Waals surface area contributed by atoms with Crippen LogP contribution in [0, 0.1) is 17.2 Å². The van der Waals surface area contributed by atoms with E-state index in [0.717, 1.165) is 32.7 Å². The van der Waals surface area contributed by atoms with Gasteiger partial charge in [0.1, 0.15) is 6.07 Å². The Bertz CT molecular complexity index is 699. The van der Waals surface area contributed by atoms with Gasteiger partial charge in [0.15, 0.2) is 5.89 Å². The smallest absolute Gasteiger partial charge is 0.232 e. The van der Waals surface area contributed by atoms with Crippen LogP contribution >= 0.6 is 11.3 Å². The van der Waals surface area contributed by atoms with Gasteiger partial charge in [0.25, 0.3) is 0 Å². The number of thiophene rings is 1. The molecule has 1 aliphatic rings. The van der Waals surface area contributed by atoms with Crippen LogP contribution in [-0.4, -0.2) is 42.7 Å². The van der Waals surface area contributed by atoms with Gasteiger partial charge in [-0.3, -0.25) is 4.90 Å². The number of rotatable bonds is 7. The highest BCUT2D eigenvalue weighted by molar-refractivity contribution is 7.10. The molecule has 0 radical (unpaired) electrons. The van der Waals surface area contributed by atoms with Crippen molar-refractivity contribution in [1.29, 1.82) is 5.26 Å². The second-order valence-corrected chi connectivity index (χ2v) is 7.53. The van der Waals surface area contributed by atoms with Gasteiger partial charge >= 0.3 is 0 Å². The second-order valence-electron chi connectivity index (χ2n) is 6.56. The zero-order chi connectivity index (χ0) is 17.6. The normalized spacial score (nSPS) is 16.7. The van der Waals surface area contributed by atoms with E-state index >= 15 is 0 Å². The molecule has 1 fully saturated rings. The first-order valence-electron chi connectivity index (χ1n) is 8.66. The van der Waals surface area contributed by atoms with Crippen molar-refractivity contribution in [1.82, 2.24) is 9.88 Å². The highest BCUT2D eigenvalue weighted by Gasteiger charge is 2.24. The van der Waals surface area contributed by atoms with Gasteiger partial charge in [-0.25, -0.2) is 4.98 Å². The van der Waals surface area contributed by atoms with Crippen LogP contribution in [0.25, 0.3) is 0 Å². The Morgan fingerprint density at radius 3 is 2.84 bits per heavy atom. The lowest BCUT2D eigenvalue weighted by atomic mass is 10.1. The maximum Gasteiger partial charge on any atom is 0.232 e. The van der Waals surface area contributed by atoms with Crippen LogP contribution in [0.3, 0.4) is 0 Å². The van der Waals surface area contributed by atoms with E-state index in [2.05, 4.69) is 52.6 Å². The molecule has 0 bridgehead atoms. The van der Waals surface area contributed by atoms with Crippen molar-refractivity contribution in [3.63, 3.8) is 0 Å². The lowest BCUT2D eigenvalue weighted by molar-refractivity contribution is 0.0193. The Labute approximate surface area is 152 Å². The fourth-order valence-corrected chi connectivity index (χ4v) is 3.83. The Morgan fingerprint density at radius 2 is 2.20 bits per heavy atom. The molecule has 3 heterocycles. The summed E-state index contributed by atoms with van der Waals surface area (Å²) in [6.45, 7) is 8.21. The fourth-order valence-electron chi connectivity index (χ4n) is 2.97. The first-order valence-corrected chi connectivity index (χ1v) is 9.54. The Morgan fingerprint density at radius 1 is 1.40 bits per heavy atom. The molecule has 134 valence electrons. The van der Waals surface area contributed by atoms with Crippen molar-refractivity contribution in [3.8, 4) is 6.07 Å². The maximum absolute atomic E-state index is 9.33. The second kappa shape index (κ2) is 8.48. The molecule has 0 amide bonds. The number of ether oxygens (including phenoxy) is 1. The van der Waals surface area contributed by atoms with Crippen LogP contribution in [0.1, 0.15) is 36.4 Å². The first-order chi connectivity index (χ1) is 12.2. The molecular formula is C18H24N4O2S. The topological polar surface area (TPSA) is 74.3 Å². The summed E-state index contributed by atoms with van der Waals surface area (Å²) in [5, 5.41) is 14.7. The van der Waals surface area contributed by atoms with E-state index in [-0.39, 0.29) is 6.04 Å². The molecule has 0 aliphatic carbocycles. The Balaban J connectivity index is 1.72. The summed E-state index contributed by atoms with van der Waals surface area (Å²) in [5.41, 5.74) is 0.336. The predicted molar refractivity (Wildman–Crippen MR) is 97.7 cm³/mol. The lowest BCUT2D eigenvalue weighted by Gasteiger charge is -2.34. The molecule has 0 saturated carbocycles. The predicted octanol–water partition coefficient (Wildman–Crippen LogP) is 3.29. The van der Waals surface area contributed by atoms with Crippen LogP contribution < -0.4 is 5.32 Å². The molecule has 0 aromatic carbocycles. The third-order valence-corrected chi connectivity index (χ3v) is 5.15. The maximum atomic E-state index is 9.33. The SMILES string of the molecule is CC(C)Cc1nc(C#N)c(NC[C@@H](c2cccs2)N2CCOCC2)o1. The van der Waals surface area contributed by atoms with Gasteiger partial charge in [0.2, 0.25) is 11.6 Å². The summed E-state index contributed by atoms with van der Waals surface area (Å²) < 4.78 is 11.3. The number of nitrogens with one attached hydrogen (secondary N) is 1. The fraction of sp³-hybridized carbons (Fsp3) is 0.556. The largest absolute Gasteiger partial charge is 0.424 e. The Hall–Kier alpha value is -1.88. The summed E-state index contributed by atoms with van der Waals surface area (Å²) in [6.07, 6.45) is 0.730. The molecule has 7 heteroatoms. The van der Waals surface area contributed by atoms with Gasteiger partial charge in [-0.2, -0.15) is 5.26 Å². The van der Waals surface area contributed by atoms with E-state index in [0.29, 0.717) is 29.9 Å².